The van der Waals surface area contributed by atoms with E-state index in [-0.39, 0.29) is 11.8 Å². The quantitative estimate of drug-likeness (QED) is 0.647. The number of carbonyl (C=O) groups is 2. The second-order valence-corrected chi connectivity index (χ2v) is 3.77. The summed E-state index contributed by atoms with van der Waals surface area (Å²) >= 11 is 0. The van der Waals surface area contributed by atoms with Crippen molar-refractivity contribution in [3.63, 3.8) is 0 Å². The molecule has 0 bridgehead atoms. The molecule has 0 aromatic heterocycles. The van der Waals surface area contributed by atoms with Crippen LogP contribution >= 0.6 is 0 Å². The van der Waals surface area contributed by atoms with Crippen molar-refractivity contribution in [3.05, 3.63) is 11.6 Å². The van der Waals surface area contributed by atoms with Gasteiger partial charge in [-0.2, -0.15) is 0 Å². The molecule has 0 aromatic carbocycles. The van der Waals surface area contributed by atoms with E-state index < -0.39 is 0 Å². The van der Waals surface area contributed by atoms with Crippen LogP contribution in [0, 0.1) is 5.92 Å². The summed E-state index contributed by atoms with van der Waals surface area (Å²) in [4.78, 5) is 22.3. The minimum Gasteiger partial charge on any atom is -0.469 e. The van der Waals surface area contributed by atoms with Gasteiger partial charge in [-0.3, -0.25) is 9.59 Å². The Labute approximate surface area is 84.1 Å². The molecule has 0 fully saturated rings. The van der Waals surface area contributed by atoms with E-state index in [0.717, 1.165) is 12.0 Å². The third-order valence-electron chi connectivity index (χ3n) is 2.48. The first kappa shape index (κ1) is 11.0. The van der Waals surface area contributed by atoms with Gasteiger partial charge in [0.1, 0.15) is 0 Å². The third kappa shape index (κ3) is 2.98. The number of Topliss-reactive ketones (excluding diaryl/α,β-unsaturated/α-hetero) is 1. The van der Waals surface area contributed by atoms with Crippen molar-refractivity contribution < 1.29 is 14.3 Å². The molecule has 3 nitrogen and oxygen atoms in total. The van der Waals surface area contributed by atoms with Crippen molar-refractivity contribution in [1.29, 1.82) is 0 Å². The number of hydrogen-bond acceptors (Lipinski definition) is 3. The van der Waals surface area contributed by atoms with E-state index in [1.165, 1.54) is 7.11 Å². The van der Waals surface area contributed by atoms with Gasteiger partial charge >= 0.3 is 5.97 Å². The van der Waals surface area contributed by atoms with E-state index in [2.05, 4.69) is 11.7 Å². The monoisotopic (exact) mass is 196 g/mol. The first-order valence-electron chi connectivity index (χ1n) is 4.92. The number of allylic oxidation sites excluding steroid dienone is 2. The Morgan fingerprint density at radius 3 is 2.93 bits per heavy atom. The van der Waals surface area contributed by atoms with Crippen LogP contribution in [0.4, 0.5) is 0 Å². The second-order valence-electron chi connectivity index (χ2n) is 3.77. The van der Waals surface area contributed by atoms with Gasteiger partial charge in [-0.1, -0.05) is 13.0 Å². The topological polar surface area (TPSA) is 43.4 Å². The highest BCUT2D eigenvalue weighted by Gasteiger charge is 2.18. The molecule has 0 spiro atoms. The van der Waals surface area contributed by atoms with E-state index in [0.29, 0.717) is 25.2 Å². The highest BCUT2D eigenvalue weighted by Crippen LogP contribution is 2.22. The Kier molecular flexibility index (Phi) is 3.86. The van der Waals surface area contributed by atoms with Crippen molar-refractivity contribution >= 4 is 11.8 Å². The summed E-state index contributed by atoms with van der Waals surface area (Å²) in [6, 6.07) is 0. The number of carbonyl (C=O) groups excluding carboxylic acids is 2. The van der Waals surface area contributed by atoms with E-state index in [1.54, 1.807) is 0 Å². The Hall–Kier alpha value is -1.12. The fourth-order valence-corrected chi connectivity index (χ4v) is 1.57. The average Bonchev–Trinajstić information content (AvgIpc) is 2.16. The van der Waals surface area contributed by atoms with Crippen molar-refractivity contribution in [2.24, 2.45) is 5.92 Å². The van der Waals surface area contributed by atoms with Crippen LogP contribution in [0.5, 0.6) is 0 Å². The lowest BCUT2D eigenvalue weighted by molar-refractivity contribution is -0.140. The van der Waals surface area contributed by atoms with Gasteiger partial charge in [-0.15, -0.1) is 0 Å². The first-order chi connectivity index (χ1) is 6.63. The molecular formula is C11H16O3. The highest BCUT2D eigenvalue weighted by molar-refractivity contribution is 5.96. The molecule has 0 N–H and O–H groups in total. The number of hydrogen-bond donors (Lipinski definition) is 0. The molecule has 0 heterocycles. The average molecular weight is 196 g/mol. The molecule has 0 amide bonds. The van der Waals surface area contributed by atoms with E-state index in [1.807, 2.05) is 6.08 Å². The molecule has 0 aliphatic heterocycles. The number of rotatable bonds is 3. The van der Waals surface area contributed by atoms with Gasteiger partial charge in [-0.25, -0.2) is 0 Å². The fraction of sp³-hybridized carbons (Fsp3) is 0.636. The second kappa shape index (κ2) is 4.94. The molecule has 0 radical (unpaired) electrons. The minimum absolute atomic E-state index is 0.188. The zero-order chi connectivity index (χ0) is 10.6. The number of ketones is 1. The predicted molar refractivity (Wildman–Crippen MR) is 52.7 cm³/mol. The van der Waals surface area contributed by atoms with Crippen LogP contribution in [0.2, 0.25) is 0 Å². The Morgan fingerprint density at radius 1 is 1.64 bits per heavy atom. The maximum absolute atomic E-state index is 11.5. The smallest absolute Gasteiger partial charge is 0.305 e. The van der Waals surface area contributed by atoms with Gasteiger partial charge in [0.25, 0.3) is 0 Å². The lowest BCUT2D eigenvalue weighted by atomic mass is 9.88. The van der Waals surface area contributed by atoms with Gasteiger partial charge < -0.3 is 4.74 Å². The Morgan fingerprint density at radius 2 is 2.36 bits per heavy atom. The molecule has 0 saturated heterocycles. The van der Waals surface area contributed by atoms with Crippen LogP contribution in [0.15, 0.2) is 11.6 Å². The highest BCUT2D eigenvalue weighted by atomic mass is 16.5. The maximum atomic E-state index is 11.5. The van der Waals surface area contributed by atoms with Gasteiger partial charge in [0, 0.05) is 12.8 Å². The van der Waals surface area contributed by atoms with Crippen LogP contribution in [-0.4, -0.2) is 18.9 Å². The summed E-state index contributed by atoms with van der Waals surface area (Å²) in [5.41, 5.74) is 0.800. The zero-order valence-corrected chi connectivity index (χ0v) is 8.71. The lowest BCUT2D eigenvalue weighted by Crippen LogP contribution is -2.14. The van der Waals surface area contributed by atoms with E-state index >= 15 is 0 Å². The standard InChI is InChI=1S/C11H16O3/c1-8-3-4-9(10(12)7-8)5-6-11(13)14-2/h4,8H,3,5-7H2,1-2H3/t8-/m1/s1. The molecule has 1 aliphatic rings. The van der Waals surface area contributed by atoms with E-state index in [4.69, 9.17) is 0 Å². The molecule has 0 saturated carbocycles. The van der Waals surface area contributed by atoms with Crippen LogP contribution in [0.25, 0.3) is 0 Å². The number of ether oxygens (including phenoxy) is 1. The summed E-state index contributed by atoms with van der Waals surface area (Å²) < 4.78 is 4.52. The van der Waals surface area contributed by atoms with Crippen molar-refractivity contribution in [3.8, 4) is 0 Å². The Bertz CT molecular complexity index is 266. The number of esters is 1. The molecule has 0 aromatic rings. The predicted octanol–water partition coefficient (Wildman–Crippen LogP) is 1.86. The van der Waals surface area contributed by atoms with Crippen LogP contribution in [0.1, 0.15) is 32.6 Å². The molecule has 3 heteroatoms. The van der Waals surface area contributed by atoms with Crippen LogP contribution in [-0.2, 0) is 14.3 Å². The van der Waals surface area contributed by atoms with Crippen LogP contribution < -0.4 is 0 Å². The zero-order valence-electron chi connectivity index (χ0n) is 8.71. The molecule has 1 rings (SSSR count). The van der Waals surface area contributed by atoms with Gasteiger partial charge in [0.05, 0.1) is 7.11 Å². The summed E-state index contributed by atoms with van der Waals surface area (Å²) in [7, 11) is 1.36. The third-order valence-corrected chi connectivity index (χ3v) is 2.48. The van der Waals surface area contributed by atoms with Gasteiger partial charge in [-0.05, 0) is 24.3 Å². The fourth-order valence-electron chi connectivity index (χ4n) is 1.57. The molecular weight excluding hydrogens is 180 g/mol. The summed E-state index contributed by atoms with van der Waals surface area (Å²) in [5, 5.41) is 0. The van der Waals surface area contributed by atoms with Crippen molar-refractivity contribution in [2.75, 3.05) is 7.11 Å². The van der Waals surface area contributed by atoms with Gasteiger partial charge in [0.2, 0.25) is 0 Å². The molecule has 1 aliphatic carbocycles. The molecule has 78 valence electrons. The first-order valence-corrected chi connectivity index (χ1v) is 4.92. The molecule has 14 heavy (non-hydrogen) atoms. The van der Waals surface area contributed by atoms with Crippen LogP contribution in [0.3, 0.4) is 0 Å². The molecule has 0 unspecified atom stereocenters. The lowest BCUT2D eigenvalue weighted by Gasteiger charge is -2.16. The minimum atomic E-state index is -0.252. The summed E-state index contributed by atoms with van der Waals surface area (Å²) in [6.07, 6.45) is 4.36. The maximum Gasteiger partial charge on any atom is 0.305 e. The van der Waals surface area contributed by atoms with E-state index in [9.17, 15) is 9.59 Å². The molecule has 1 atom stereocenters. The number of methoxy groups -OCH3 is 1. The summed E-state index contributed by atoms with van der Waals surface area (Å²) in [6.45, 7) is 2.06. The van der Waals surface area contributed by atoms with Crippen molar-refractivity contribution in [2.45, 2.75) is 32.6 Å². The van der Waals surface area contributed by atoms with Gasteiger partial charge in [0.15, 0.2) is 5.78 Å². The largest absolute Gasteiger partial charge is 0.469 e. The summed E-state index contributed by atoms with van der Waals surface area (Å²) in [5.74, 6) is 0.384. The SMILES string of the molecule is COC(=O)CCC1=CC[C@@H](C)CC1=O. The normalized spacial score (nSPS) is 21.7. The Balaban J connectivity index is 2.44. The van der Waals surface area contributed by atoms with Crippen molar-refractivity contribution in [1.82, 2.24) is 0 Å².